The SMILES string of the molecule is CCC(N)(CC)CNC(=O)C(C)c1cccs1. The van der Waals surface area contributed by atoms with Gasteiger partial charge in [0.05, 0.1) is 5.92 Å². The first-order chi connectivity index (χ1) is 8.02. The van der Waals surface area contributed by atoms with Crippen molar-refractivity contribution in [3.8, 4) is 0 Å². The minimum Gasteiger partial charge on any atom is -0.354 e. The Morgan fingerprint density at radius 1 is 1.53 bits per heavy atom. The number of carbonyl (C=O) groups is 1. The van der Waals surface area contributed by atoms with Crippen LogP contribution in [0.1, 0.15) is 44.4 Å². The first kappa shape index (κ1) is 14.2. The lowest BCUT2D eigenvalue weighted by molar-refractivity contribution is -0.122. The number of nitrogens with two attached hydrogens (primary N) is 1. The molecule has 1 unspecified atom stereocenters. The summed E-state index contributed by atoms with van der Waals surface area (Å²) in [4.78, 5) is 13.1. The van der Waals surface area contributed by atoms with Crippen LogP contribution in [-0.4, -0.2) is 18.0 Å². The van der Waals surface area contributed by atoms with Crippen LogP contribution in [0.2, 0.25) is 0 Å². The molecule has 1 rings (SSSR count). The maximum Gasteiger partial charge on any atom is 0.228 e. The zero-order valence-electron chi connectivity index (χ0n) is 10.8. The summed E-state index contributed by atoms with van der Waals surface area (Å²) in [5.74, 6) is -0.0304. The Bertz CT molecular complexity index is 344. The lowest BCUT2D eigenvalue weighted by atomic mass is 9.94. The summed E-state index contributed by atoms with van der Waals surface area (Å²) >= 11 is 1.61. The van der Waals surface area contributed by atoms with Gasteiger partial charge in [0.25, 0.3) is 0 Å². The molecule has 0 aliphatic heterocycles. The van der Waals surface area contributed by atoms with E-state index >= 15 is 0 Å². The summed E-state index contributed by atoms with van der Waals surface area (Å²) in [6, 6.07) is 3.96. The van der Waals surface area contributed by atoms with Crippen LogP contribution in [0, 0.1) is 0 Å². The maximum absolute atomic E-state index is 12.0. The Balaban J connectivity index is 2.50. The number of rotatable bonds is 6. The maximum atomic E-state index is 12.0. The smallest absolute Gasteiger partial charge is 0.228 e. The van der Waals surface area contributed by atoms with Gasteiger partial charge in [-0.05, 0) is 31.2 Å². The molecule has 0 fully saturated rings. The van der Waals surface area contributed by atoms with Gasteiger partial charge in [-0.15, -0.1) is 11.3 Å². The van der Waals surface area contributed by atoms with E-state index in [0.717, 1.165) is 17.7 Å². The molecule has 0 spiro atoms. The van der Waals surface area contributed by atoms with Crippen molar-refractivity contribution in [2.24, 2.45) is 5.73 Å². The van der Waals surface area contributed by atoms with Gasteiger partial charge in [0.1, 0.15) is 0 Å². The summed E-state index contributed by atoms with van der Waals surface area (Å²) in [5.41, 5.74) is 5.88. The van der Waals surface area contributed by atoms with E-state index in [1.165, 1.54) is 0 Å². The van der Waals surface area contributed by atoms with Gasteiger partial charge in [-0.2, -0.15) is 0 Å². The van der Waals surface area contributed by atoms with Gasteiger partial charge < -0.3 is 11.1 Å². The minimum absolute atomic E-state index is 0.0594. The van der Waals surface area contributed by atoms with E-state index in [1.54, 1.807) is 11.3 Å². The number of nitrogens with one attached hydrogen (secondary N) is 1. The van der Waals surface area contributed by atoms with Crippen LogP contribution >= 0.6 is 11.3 Å². The average molecular weight is 254 g/mol. The fraction of sp³-hybridized carbons (Fsp3) is 0.615. The molecule has 1 aromatic rings. The van der Waals surface area contributed by atoms with E-state index in [2.05, 4.69) is 19.2 Å². The van der Waals surface area contributed by atoms with Gasteiger partial charge in [0.2, 0.25) is 5.91 Å². The second-order valence-electron chi connectivity index (χ2n) is 4.52. The molecule has 1 aromatic heterocycles. The van der Waals surface area contributed by atoms with Crippen molar-refractivity contribution >= 4 is 17.2 Å². The highest BCUT2D eigenvalue weighted by Crippen LogP contribution is 2.21. The average Bonchev–Trinajstić information content (AvgIpc) is 2.88. The normalized spacial score (nSPS) is 13.4. The molecule has 3 nitrogen and oxygen atoms in total. The Morgan fingerprint density at radius 3 is 2.65 bits per heavy atom. The molecule has 0 bridgehead atoms. The van der Waals surface area contributed by atoms with Gasteiger partial charge in [-0.3, -0.25) is 4.79 Å². The fourth-order valence-electron chi connectivity index (χ4n) is 1.58. The second kappa shape index (κ2) is 6.17. The number of thiophene rings is 1. The third kappa shape index (κ3) is 3.82. The quantitative estimate of drug-likeness (QED) is 0.819. The van der Waals surface area contributed by atoms with Crippen LogP contribution in [0.4, 0.5) is 0 Å². The largest absolute Gasteiger partial charge is 0.354 e. The Hall–Kier alpha value is -0.870. The van der Waals surface area contributed by atoms with Gasteiger partial charge in [0, 0.05) is 17.0 Å². The monoisotopic (exact) mass is 254 g/mol. The van der Waals surface area contributed by atoms with Gasteiger partial charge in [-0.25, -0.2) is 0 Å². The summed E-state index contributed by atoms with van der Waals surface area (Å²) in [6.07, 6.45) is 1.74. The molecule has 1 amide bonds. The van der Waals surface area contributed by atoms with E-state index in [4.69, 9.17) is 5.73 Å². The molecule has 96 valence electrons. The van der Waals surface area contributed by atoms with Crippen LogP contribution in [0.15, 0.2) is 17.5 Å². The number of hydrogen-bond donors (Lipinski definition) is 2. The van der Waals surface area contributed by atoms with Crippen LogP contribution in [0.5, 0.6) is 0 Å². The number of amides is 1. The topological polar surface area (TPSA) is 55.1 Å². The van der Waals surface area contributed by atoms with Crippen molar-refractivity contribution in [2.75, 3.05) is 6.54 Å². The Morgan fingerprint density at radius 2 is 2.18 bits per heavy atom. The molecule has 3 N–H and O–H groups in total. The van der Waals surface area contributed by atoms with E-state index in [1.807, 2.05) is 24.4 Å². The van der Waals surface area contributed by atoms with Crippen molar-refractivity contribution in [2.45, 2.75) is 45.1 Å². The molecule has 4 heteroatoms. The molecule has 17 heavy (non-hydrogen) atoms. The van der Waals surface area contributed by atoms with Gasteiger partial charge in [-0.1, -0.05) is 19.9 Å². The van der Waals surface area contributed by atoms with Crippen molar-refractivity contribution < 1.29 is 4.79 Å². The third-order valence-electron chi connectivity index (χ3n) is 3.39. The van der Waals surface area contributed by atoms with E-state index in [9.17, 15) is 4.79 Å². The van der Waals surface area contributed by atoms with Crippen LogP contribution in [0.3, 0.4) is 0 Å². The zero-order chi connectivity index (χ0) is 12.9. The predicted molar refractivity (Wildman–Crippen MR) is 73.2 cm³/mol. The Kier molecular flexibility index (Phi) is 5.15. The van der Waals surface area contributed by atoms with Gasteiger partial charge >= 0.3 is 0 Å². The van der Waals surface area contributed by atoms with Crippen molar-refractivity contribution in [1.29, 1.82) is 0 Å². The summed E-state index contributed by atoms with van der Waals surface area (Å²) < 4.78 is 0. The molecule has 0 radical (unpaired) electrons. The standard InChI is InChI=1S/C13H22N2OS/c1-4-13(14,5-2)9-15-12(16)10(3)11-7-6-8-17-11/h6-8,10H,4-5,9,14H2,1-3H3,(H,15,16). The highest BCUT2D eigenvalue weighted by molar-refractivity contribution is 7.10. The molecule has 0 aliphatic rings. The van der Waals surface area contributed by atoms with Crippen LogP contribution in [-0.2, 0) is 4.79 Å². The fourth-order valence-corrected chi connectivity index (χ4v) is 2.37. The van der Waals surface area contributed by atoms with Crippen molar-refractivity contribution in [1.82, 2.24) is 5.32 Å². The molecule has 0 saturated heterocycles. The highest BCUT2D eigenvalue weighted by atomic mass is 32.1. The Labute approximate surface area is 107 Å². The highest BCUT2D eigenvalue weighted by Gasteiger charge is 2.23. The molecule has 1 heterocycles. The molecule has 0 saturated carbocycles. The third-order valence-corrected chi connectivity index (χ3v) is 4.44. The number of hydrogen-bond acceptors (Lipinski definition) is 3. The lowest BCUT2D eigenvalue weighted by Gasteiger charge is -2.27. The lowest BCUT2D eigenvalue weighted by Crippen LogP contribution is -2.49. The molecule has 1 atom stereocenters. The van der Waals surface area contributed by atoms with Crippen molar-refractivity contribution in [3.05, 3.63) is 22.4 Å². The predicted octanol–water partition coefficient (Wildman–Crippen LogP) is 2.49. The van der Waals surface area contributed by atoms with Crippen LogP contribution < -0.4 is 11.1 Å². The molecular formula is C13H22N2OS. The molecule has 0 aromatic carbocycles. The van der Waals surface area contributed by atoms with Crippen molar-refractivity contribution in [3.63, 3.8) is 0 Å². The molecular weight excluding hydrogens is 232 g/mol. The zero-order valence-corrected chi connectivity index (χ0v) is 11.6. The first-order valence-electron chi connectivity index (χ1n) is 6.12. The number of carbonyl (C=O) groups excluding carboxylic acids is 1. The molecule has 0 aliphatic carbocycles. The summed E-state index contributed by atoms with van der Waals surface area (Å²) in [7, 11) is 0. The first-order valence-corrected chi connectivity index (χ1v) is 7.00. The van der Waals surface area contributed by atoms with Crippen LogP contribution in [0.25, 0.3) is 0 Å². The summed E-state index contributed by atoms with van der Waals surface area (Å²) in [5, 5.41) is 4.95. The van der Waals surface area contributed by atoms with Gasteiger partial charge in [0.15, 0.2) is 0 Å². The van der Waals surface area contributed by atoms with E-state index < -0.39 is 0 Å². The van der Waals surface area contributed by atoms with E-state index in [0.29, 0.717) is 6.54 Å². The van der Waals surface area contributed by atoms with E-state index in [-0.39, 0.29) is 17.4 Å². The summed E-state index contributed by atoms with van der Waals surface area (Å²) in [6.45, 7) is 6.59. The second-order valence-corrected chi connectivity index (χ2v) is 5.50. The minimum atomic E-state index is -0.273.